The molecular weight excluding hydrogens is 305 g/mol. The van der Waals surface area contributed by atoms with Crippen molar-refractivity contribution < 1.29 is 4.39 Å². The van der Waals surface area contributed by atoms with Crippen LogP contribution in [0.15, 0.2) is 78.1 Å². The van der Waals surface area contributed by atoms with Crippen molar-refractivity contribution in [1.29, 1.82) is 0 Å². The first-order valence-corrected chi connectivity index (χ1v) is 7.56. The zero-order chi connectivity index (χ0) is 16.5. The van der Waals surface area contributed by atoms with Crippen molar-refractivity contribution in [2.75, 3.05) is 0 Å². The molecule has 4 nitrogen and oxygen atoms in total. The molecule has 0 aliphatic heterocycles. The molecule has 2 aromatic carbocycles. The van der Waals surface area contributed by atoms with E-state index in [0.29, 0.717) is 0 Å². The number of pyridine rings is 1. The van der Waals surface area contributed by atoms with Crippen molar-refractivity contribution in [3.8, 4) is 0 Å². The van der Waals surface area contributed by atoms with Crippen molar-refractivity contribution in [3.05, 3.63) is 101 Å². The topological polar surface area (TPSA) is 50.7 Å². The number of hydrogen-bond donors (Lipinski definition) is 1. The average molecular weight is 319 g/mol. The standard InChI is InChI=1S/C19H14FN3O/c20-16-5-1-13(2-6-16)19(23-10-9-21-12-23)15-3-7-17-14(11-15)4-8-18(24)22-17/h1-12,19H,(H,22,24). The van der Waals surface area contributed by atoms with Gasteiger partial charge >= 0.3 is 0 Å². The predicted molar refractivity (Wildman–Crippen MR) is 90.4 cm³/mol. The van der Waals surface area contributed by atoms with Crippen molar-refractivity contribution in [2.24, 2.45) is 0 Å². The Balaban J connectivity index is 1.88. The number of aromatic amines is 1. The van der Waals surface area contributed by atoms with Gasteiger partial charge in [-0.1, -0.05) is 18.2 Å². The van der Waals surface area contributed by atoms with E-state index in [1.165, 1.54) is 18.2 Å². The number of imidazole rings is 1. The minimum absolute atomic E-state index is 0.121. The lowest BCUT2D eigenvalue weighted by atomic mass is 9.97. The van der Waals surface area contributed by atoms with Gasteiger partial charge in [0, 0.05) is 24.0 Å². The summed E-state index contributed by atoms with van der Waals surface area (Å²) in [5.74, 6) is -0.265. The highest BCUT2D eigenvalue weighted by Gasteiger charge is 2.16. The molecule has 4 aromatic rings. The minimum Gasteiger partial charge on any atom is -0.326 e. The molecule has 24 heavy (non-hydrogen) atoms. The maximum atomic E-state index is 13.3. The molecule has 5 heteroatoms. The Morgan fingerprint density at radius 3 is 2.54 bits per heavy atom. The van der Waals surface area contributed by atoms with Gasteiger partial charge in [-0.15, -0.1) is 0 Å². The molecule has 2 aromatic heterocycles. The summed E-state index contributed by atoms with van der Waals surface area (Å²) in [6.45, 7) is 0. The van der Waals surface area contributed by atoms with Crippen molar-refractivity contribution >= 4 is 10.9 Å². The number of aromatic nitrogens is 3. The smallest absolute Gasteiger partial charge is 0.248 e. The summed E-state index contributed by atoms with van der Waals surface area (Å²) in [5.41, 5.74) is 2.65. The quantitative estimate of drug-likeness (QED) is 0.628. The number of fused-ring (bicyclic) bond motifs is 1. The summed E-state index contributed by atoms with van der Waals surface area (Å²) in [7, 11) is 0. The van der Waals surface area contributed by atoms with Crippen LogP contribution in [0.2, 0.25) is 0 Å². The van der Waals surface area contributed by atoms with Crippen LogP contribution in [0.5, 0.6) is 0 Å². The molecule has 1 N–H and O–H groups in total. The van der Waals surface area contributed by atoms with E-state index in [9.17, 15) is 9.18 Å². The second-order valence-corrected chi connectivity index (χ2v) is 5.63. The third-order valence-corrected chi connectivity index (χ3v) is 4.07. The molecule has 0 amide bonds. The van der Waals surface area contributed by atoms with Gasteiger partial charge in [0.05, 0.1) is 12.4 Å². The second-order valence-electron chi connectivity index (χ2n) is 5.63. The van der Waals surface area contributed by atoms with E-state index in [2.05, 4.69) is 9.97 Å². The highest BCUT2D eigenvalue weighted by molar-refractivity contribution is 5.79. The first-order chi connectivity index (χ1) is 11.7. The van der Waals surface area contributed by atoms with Gasteiger partial charge in [-0.25, -0.2) is 9.37 Å². The number of H-pyrrole nitrogens is 1. The Morgan fingerprint density at radius 1 is 1.00 bits per heavy atom. The van der Waals surface area contributed by atoms with Crippen LogP contribution in [-0.4, -0.2) is 14.5 Å². The molecule has 4 rings (SSSR count). The summed E-state index contributed by atoms with van der Waals surface area (Å²) in [4.78, 5) is 18.4. The van der Waals surface area contributed by atoms with E-state index in [1.54, 1.807) is 30.7 Å². The summed E-state index contributed by atoms with van der Waals surface area (Å²) >= 11 is 0. The van der Waals surface area contributed by atoms with E-state index in [1.807, 2.05) is 29.0 Å². The third-order valence-electron chi connectivity index (χ3n) is 4.07. The third kappa shape index (κ3) is 2.60. The Labute approximate surface area is 137 Å². The van der Waals surface area contributed by atoms with Crippen LogP contribution in [-0.2, 0) is 0 Å². The predicted octanol–water partition coefficient (Wildman–Crippen LogP) is 3.50. The average Bonchev–Trinajstić information content (AvgIpc) is 3.11. The van der Waals surface area contributed by atoms with Crippen molar-refractivity contribution in [1.82, 2.24) is 14.5 Å². The van der Waals surface area contributed by atoms with Crippen LogP contribution >= 0.6 is 0 Å². The Morgan fingerprint density at radius 2 is 1.79 bits per heavy atom. The van der Waals surface area contributed by atoms with Gasteiger partial charge in [-0.2, -0.15) is 0 Å². The summed E-state index contributed by atoms with van der Waals surface area (Å²) in [6.07, 6.45) is 5.34. The first-order valence-electron chi connectivity index (χ1n) is 7.56. The fraction of sp³-hybridized carbons (Fsp3) is 0.0526. The molecule has 1 atom stereocenters. The van der Waals surface area contributed by atoms with Crippen molar-refractivity contribution in [2.45, 2.75) is 6.04 Å². The zero-order valence-electron chi connectivity index (χ0n) is 12.7. The first kappa shape index (κ1) is 14.4. The van der Waals surface area contributed by atoms with Crippen LogP contribution < -0.4 is 5.56 Å². The van der Waals surface area contributed by atoms with E-state index in [-0.39, 0.29) is 17.4 Å². The number of hydrogen-bond acceptors (Lipinski definition) is 2. The monoisotopic (exact) mass is 319 g/mol. The number of halogens is 1. The Bertz CT molecular complexity index is 1040. The molecule has 0 saturated heterocycles. The van der Waals surface area contributed by atoms with Gasteiger partial charge in [-0.3, -0.25) is 4.79 Å². The van der Waals surface area contributed by atoms with Crippen LogP contribution in [0.25, 0.3) is 10.9 Å². The Kier molecular flexibility index (Phi) is 3.46. The molecule has 0 fully saturated rings. The van der Waals surface area contributed by atoms with E-state index >= 15 is 0 Å². The largest absolute Gasteiger partial charge is 0.326 e. The van der Waals surface area contributed by atoms with E-state index < -0.39 is 0 Å². The SMILES string of the molecule is O=c1ccc2cc(C(c3ccc(F)cc3)n3ccnc3)ccc2[nH]1. The number of rotatable bonds is 3. The fourth-order valence-corrected chi connectivity index (χ4v) is 2.95. The van der Waals surface area contributed by atoms with Crippen LogP contribution in [0.4, 0.5) is 4.39 Å². The van der Waals surface area contributed by atoms with Gasteiger partial charge in [0.1, 0.15) is 5.82 Å². The second kappa shape index (κ2) is 5.77. The van der Waals surface area contributed by atoms with E-state index in [4.69, 9.17) is 0 Å². The summed E-state index contributed by atoms with van der Waals surface area (Å²) in [6, 6.07) is 15.5. The Hall–Kier alpha value is -3.21. The lowest BCUT2D eigenvalue weighted by molar-refractivity contribution is 0.622. The van der Waals surface area contributed by atoms with Crippen LogP contribution in [0, 0.1) is 5.82 Å². The normalized spacial score (nSPS) is 12.4. The van der Waals surface area contributed by atoms with Gasteiger partial charge in [-0.05, 0) is 46.8 Å². The molecule has 0 radical (unpaired) electrons. The van der Waals surface area contributed by atoms with Crippen molar-refractivity contribution in [3.63, 3.8) is 0 Å². The number of nitrogens with zero attached hydrogens (tertiary/aromatic N) is 2. The molecular formula is C19H14FN3O. The maximum Gasteiger partial charge on any atom is 0.248 e. The van der Waals surface area contributed by atoms with Gasteiger partial charge < -0.3 is 9.55 Å². The lowest BCUT2D eigenvalue weighted by Crippen LogP contribution is -2.11. The summed E-state index contributed by atoms with van der Waals surface area (Å²) in [5, 5.41) is 0.944. The molecule has 0 bridgehead atoms. The molecule has 0 saturated carbocycles. The fourth-order valence-electron chi connectivity index (χ4n) is 2.95. The highest BCUT2D eigenvalue weighted by Crippen LogP contribution is 2.28. The summed E-state index contributed by atoms with van der Waals surface area (Å²) < 4.78 is 15.3. The molecule has 0 aliphatic carbocycles. The number of benzene rings is 2. The van der Waals surface area contributed by atoms with Crippen LogP contribution in [0.1, 0.15) is 17.2 Å². The molecule has 0 spiro atoms. The minimum atomic E-state index is -0.265. The number of nitrogens with one attached hydrogen (secondary N) is 1. The van der Waals surface area contributed by atoms with E-state index in [0.717, 1.165) is 22.0 Å². The molecule has 118 valence electrons. The molecule has 2 heterocycles. The molecule has 0 aliphatic rings. The zero-order valence-corrected chi connectivity index (χ0v) is 12.7. The lowest BCUT2D eigenvalue weighted by Gasteiger charge is -2.20. The van der Waals surface area contributed by atoms with Gasteiger partial charge in [0.15, 0.2) is 0 Å². The van der Waals surface area contributed by atoms with Crippen LogP contribution in [0.3, 0.4) is 0 Å². The molecule has 1 unspecified atom stereocenters. The maximum absolute atomic E-state index is 13.3. The van der Waals surface area contributed by atoms with Gasteiger partial charge in [0.25, 0.3) is 0 Å². The van der Waals surface area contributed by atoms with Gasteiger partial charge in [0.2, 0.25) is 5.56 Å². The highest BCUT2D eigenvalue weighted by atomic mass is 19.1.